The molecule has 3 N–H and O–H groups in total. The Balaban J connectivity index is 1.02. The number of carbonyl (C=O) groups excluding carboxylic acids is 2. The van der Waals surface area contributed by atoms with Crippen molar-refractivity contribution >= 4 is 35.1 Å². The number of rotatable bonds is 16. The molecule has 0 unspecified atom stereocenters. The van der Waals surface area contributed by atoms with Gasteiger partial charge in [0.15, 0.2) is 23.0 Å². The van der Waals surface area contributed by atoms with Gasteiger partial charge < -0.3 is 62.7 Å². The Labute approximate surface area is 557 Å². The predicted octanol–water partition coefficient (Wildman–Crippen LogP) is 18.7. The SMILES string of the molecule is COc1cccc(-c2c(-c3cccc(OC(C)=O)c3-c3c(OC)ccc(-c4cccc(O)c4-c4c(OC)ccc(-c5cccc(OC(C)=O)c5-c5ccc(-c6cccc(O)c6-c6cccc7c6OCO7)c6c5OCO6)c4Cl)c3Cl)cc(C)c(OC)c2-c2cccc(O)c2)c1C. The van der Waals surface area contributed by atoms with Crippen LogP contribution in [0.25, 0.3) is 111 Å². The first-order valence-corrected chi connectivity index (χ1v) is 30.8. The lowest BCUT2D eigenvalue weighted by molar-refractivity contribution is -0.132. The molecule has 17 heteroatoms. The molecule has 0 radical (unpaired) electrons. The number of ether oxygens (including phenoxy) is 10. The van der Waals surface area contributed by atoms with E-state index in [1.54, 1.807) is 111 Å². The Morgan fingerprint density at radius 3 is 1.45 bits per heavy atom. The van der Waals surface area contributed by atoms with E-state index < -0.39 is 11.9 Å². The van der Waals surface area contributed by atoms with Crippen LogP contribution in [0.2, 0.25) is 10.0 Å². The number of halogens is 2. The Hall–Kier alpha value is -11.3. The zero-order chi connectivity index (χ0) is 66.5. The fourth-order valence-corrected chi connectivity index (χ4v) is 13.8. The number of aryl methyl sites for hydroxylation is 1. The third-order valence-electron chi connectivity index (χ3n) is 17.0. The Morgan fingerprint density at radius 2 is 0.842 bits per heavy atom. The minimum absolute atomic E-state index is 0.00695. The largest absolute Gasteiger partial charge is 0.508 e. The summed E-state index contributed by atoms with van der Waals surface area (Å²) in [5.41, 5.74) is 11.6. The summed E-state index contributed by atoms with van der Waals surface area (Å²) < 4.78 is 61.1. The summed E-state index contributed by atoms with van der Waals surface area (Å²) >= 11 is 15.9. The Kier molecular flexibility index (Phi) is 16.9. The van der Waals surface area contributed by atoms with Crippen LogP contribution >= 0.6 is 23.2 Å². The van der Waals surface area contributed by atoms with Crippen LogP contribution in [0.15, 0.2) is 176 Å². The lowest BCUT2D eigenvalue weighted by atomic mass is 9.81. The second kappa shape index (κ2) is 25.7. The van der Waals surface area contributed by atoms with E-state index in [1.807, 2.05) is 86.6 Å². The van der Waals surface area contributed by atoms with Crippen LogP contribution in [0.1, 0.15) is 25.0 Å². The topological polar surface area (TPSA) is 187 Å². The molecule has 0 bridgehead atoms. The van der Waals surface area contributed by atoms with Gasteiger partial charge in [0.1, 0.15) is 51.7 Å². The fraction of sp³-hybridized carbons (Fsp3) is 0.128. The molecular weight excluding hydrogens is 1250 g/mol. The molecule has 0 amide bonds. The average Bonchev–Trinajstić information content (AvgIpc) is 1.14. The summed E-state index contributed by atoms with van der Waals surface area (Å²) in [4.78, 5) is 26.5. The molecule has 0 atom stereocenters. The van der Waals surface area contributed by atoms with Crippen molar-refractivity contribution in [3.05, 3.63) is 197 Å². The van der Waals surface area contributed by atoms with Gasteiger partial charge >= 0.3 is 11.9 Å². The highest BCUT2D eigenvalue weighted by atomic mass is 35.5. The van der Waals surface area contributed by atoms with Gasteiger partial charge in [0.2, 0.25) is 13.6 Å². The standard InChI is InChI=1S/C78H60Cl2O15/c1-40-36-56(68(46-18-12-26-59(86-5)41(46)2)65(75(40)89-8)44-16-9-17-45(83)37-44)50-22-14-28-63(95-43(4)82)70(50)72-61(88-7)35-33-52(74(72)80)48-19-10-25-58(85)69(48)71-60(87-6)34-32-51(73(71)79)47-21-13-27-62(94-42(3)81)67(47)55-31-30-53(77-78(55)93-39-92-77)49-20-11-24-57(84)66(49)54-23-15-29-64-76(54)91-38-90-64/h9-37,83-85H,38-39H2,1-8H3. The van der Waals surface area contributed by atoms with Gasteiger partial charge in [-0.05, 0) is 155 Å². The normalized spacial score (nSPS) is 11.9. The van der Waals surface area contributed by atoms with Gasteiger partial charge in [0.25, 0.3) is 0 Å². The zero-order valence-electron chi connectivity index (χ0n) is 52.7. The second-order valence-electron chi connectivity index (χ2n) is 22.4. The fourth-order valence-electron chi connectivity index (χ4n) is 13.1. The molecule has 0 aromatic heterocycles. The highest BCUT2D eigenvalue weighted by molar-refractivity contribution is 6.39. The molecule has 0 saturated carbocycles. The van der Waals surface area contributed by atoms with Gasteiger partial charge in [-0.3, -0.25) is 9.59 Å². The number of fused-ring (bicyclic) bond motifs is 2. The van der Waals surface area contributed by atoms with E-state index in [4.69, 9.17) is 70.6 Å². The molecule has 95 heavy (non-hydrogen) atoms. The van der Waals surface area contributed by atoms with Crippen LogP contribution in [0.4, 0.5) is 0 Å². The maximum atomic E-state index is 13.4. The number of hydrogen-bond acceptors (Lipinski definition) is 15. The maximum absolute atomic E-state index is 13.4. The molecule has 0 spiro atoms. The quantitative estimate of drug-likeness (QED) is 0.0612. The number of phenolic OH excluding ortho intramolecular Hbond substituents is 3. The van der Waals surface area contributed by atoms with Crippen molar-refractivity contribution in [1.82, 2.24) is 0 Å². The van der Waals surface area contributed by atoms with Crippen molar-refractivity contribution < 1.29 is 72.3 Å². The summed E-state index contributed by atoms with van der Waals surface area (Å²) in [7, 11) is 6.22. The van der Waals surface area contributed by atoms with Crippen molar-refractivity contribution in [2.24, 2.45) is 0 Å². The number of aromatic hydroxyl groups is 3. The lowest BCUT2D eigenvalue weighted by Crippen LogP contribution is -2.05. The number of carbonyl (C=O) groups is 2. The van der Waals surface area contributed by atoms with Gasteiger partial charge in [0.05, 0.1) is 38.5 Å². The predicted molar refractivity (Wildman–Crippen MR) is 366 cm³/mol. The van der Waals surface area contributed by atoms with E-state index in [-0.39, 0.29) is 69.3 Å². The number of hydrogen-bond donors (Lipinski definition) is 3. The summed E-state index contributed by atoms with van der Waals surface area (Å²) in [6.45, 7) is 6.37. The number of para-hydroxylation sites is 1. The highest BCUT2D eigenvalue weighted by Crippen LogP contribution is 2.60. The van der Waals surface area contributed by atoms with Crippen molar-refractivity contribution in [3.63, 3.8) is 0 Å². The molecule has 2 aliphatic rings. The van der Waals surface area contributed by atoms with Crippen LogP contribution < -0.4 is 47.4 Å². The zero-order valence-corrected chi connectivity index (χ0v) is 54.2. The van der Waals surface area contributed by atoms with E-state index in [1.165, 1.54) is 34.1 Å². The first kappa shape index (κ1) is 62.5. The second-order valence-corrected chi connectivity index (χ2v) is 23.2. The monoisotopic (exact) mass is 1310 g/mol. The first-order valence-electron chi connectivity index (χ1n) is 30.0. The van der Waals surface area contributed by atoms with E-state index in [0.29, 0.717) is 135 Å². The molecule has 15 nitrogen and oxygen atoms in total. The number of methoxy groups -OCH3 is 4. The minimum atomic E-state index is -0.606. The van der Waals surface area contributed by atoms with Crippen LogP contribution in [0.5, 0.6) is 74.7 Å². The van der Waals surface area contributed by atoms with Gasteiger partial charge in [-0.15, -0.1) is 0 Å². The summed E-state index contributed by atoms with van der Waals surface area (Å²) in [5, 5.41) is 35.4. The van der Waals surface area contributed by atoms with Gasteiger partial charge in [-0.1, -0.05) is 108 Å². The molecular formula is C78H60Cl2O15. The first-order chi connectivity index (χ1) is 46.0. The molecule has 2 aliphatic heterocycles. The van der Waals surface area contributed by atoms with E-state index in [0.717, 1.165) is 16.7 Å². The minimum Gasteiger partial charge on any atom is -0.508 e. The van der Waals surface area contributed by atoms with Crippen LogP contribution in [0, 0.1) is 13.8 Å². The van der Waals surface area contributed by atoms with Gasteiger partial charge in [-0.25, -0.2) is 0 Å². The van der Waals surface area contributed by atoms with Crippen molar-refractivity contribution in [1.29, 1.82) is 0 Å². The van der Waals surface area contributed by atoms with E-state index in [9.17, 15) is 24.9 Å². The number of benzene rings is 11. The van der Waals surface area contributed by atoms with Crippen molar-refractivity contribution in [3.8, 4) is 186 Å². The molecule has 2 heterocycles. The summed E-state index contributed by atoms with van der Waals surface area (Å²) in [6.07, 6.45) is 0. The van der Waals surface area contributed by atoms with E-state index in [2.05, 4.69) is 0 Å². The van der Waals surface area contributed by atoms with Crippen molar-refractivity contribution in [2.45, 2.75) is 27.7 Å². The van der Waals surface area contributed by atoms with E-state index >= 15 is 0 Å². The summed E-state index contributed by atoms with van der Waals surface area (Å²) in [5.74, 6) is 2.40. The molecule has 0 saturated heterocycles. The smallest absolute Gasteiger partial charge is 0.308 e. The maximum Gasteiger partial charge on any atom is 0.308 e. The third-order valence-corrected chi connectivity index (χ3v) is 17.8. The van der Waals surface area contributed by atoms with Crippen LogP contribution in [0.3, 0.4) is 0 Å². The summed E-state index contributed by atoms with van der Waals surface area (Å²) in [6, 6.07) is 51.7. The number of esters is 2. The molecule has 13 rings (SSSR count). The molecule has 0 aliphatic carbocycles. The van der Waals surface area contributed by atoms with Crippen molar-refractivity contribution in [2.75, 3.05) is 42.0 Å². The third kappa shape index (κ3) is 11.0. The Bertz CT molecular complexity index is 4960. The lowest BCUT2D eigenvalue weighted by Gasteiger charge is -2.26. The number of phenols is 3. The van der Waals surface area contributed by atoms with Gasteiger partial charge in [0, 0.05) is 86.2 Å². The molecule has 11 aromatic rings. The average molecular weight is 1310 g/mol. The molecule has 476 valence electrons. The van der Waals surface area contributed by atoms with Crippen LogP contribution in [-0.4, -0.2) is 69.3 Å². The Morgan fingerprint density at radius 1 is 0.379 bits per heavy atom. The van der Waals surface area contributed by atoms with Gasteiger partial charge in [-0.2, -0.15) is 0 Å². The highest BCUT2D eigenvalue weighted by Gasteiger charge is 2.34. The van der Waals surface area contributed by atoms with Crippen LogP contribution in [-0.2, 0) is 9.59 Å². The molecule has 11 aromatic carbocycles. The molecule has 0 fully saturated rings.